The van der Waals surface area contributed by atoms with Gasteiger partial charge in [0.1, 0.15) is 17.7 Å². The van der Waals surface area contributed by atoms with E-state index < -0.39 is 5.82 Å². The maximum absolute atomic E-state index is 13.2. The minimum absolute atomic E-state index is 0.0891. The van der Waals surface area contributed by atoms with Gasteiger partial charge in [0.2, 0.25) is 0 Å². The molecule has 1 aliphatic rings. The van der Waals surface area contributed by atoms with E-state index in [0.29, 0.717) is 0 Å². The third-order valence-electron chi connectivity index (χ3n) is 3.45. The highest BCUT2D eigenvalue weighted by Crippen LogP contribution is 2.36. The second-order valence-electron chi connectivity index (χ2n) is 5.04. The minimum Gasteiger partial charge on any atom is -0.490 e. The first kappa shape index (κ1) is 13.7. The van der Waals surface area contributed by atoms with Gasteiger partial charge in [0.05, 0.1) is 10.4 Å². The fourth-order valence-electron chi connectivity index (χ4n) is 2.46. The van der Waals surface area contributed by atoms with Crippen LogP contribution < -0.4 is 4.74 Å². The minimum atomic E-state index is -0.435. The molecule has 3 rings (SSSR count). The van der Waals surface area contributed by atoms with E-state index in [1.165, 1.54) is 6.07 Å². The van der Waals surface area contributed by atoms with Crippen LogP contribution in [0.2, 0.25) is 5.02 Å². The van der Waals surface area contributed by atoms with E-state index in [2.05, 4.69) is 0 Å². The number of benzene rings is 2. The summed E-state index contributed by atoms with van der Waals surface area (Å²) in [4.78, 5) is 0. The molecule has 0 bridgehead atoms. The average molecular weight is 311 g/mol. The molecule has 0 fully saturated rings. The smallest absolute Gasteiger partial charge is 0.141 e. The summed E-state index contributed by atoms with van der Waals surface area (Å²) in [6.45, 7) is 2.04. The largest absolute Gasteiger partial charge is 0.490 e. The van der Waals surface area contributed by atoms with Crippen molar-refractivity contribution in [3.63, 3.8) is 0 Å². The monoisotopic (exact) mass is 310 g/mol. The van der Waals surface area contributed by atoms with Crippen molar-refractivity contribution in [3.05, 3.63) is 63.9 Å². The molecule has 1 aliphatic heterocycles. The lowest BCUT2D eigenvalue weighted by molar-refractivity contribution is 0.254. The van der Waals surface area contributed by atoms with Crippen LogP contribution in [-0.2, 0) is 6.42 Å². The molecular weight excluding hydrogens is 298 g/mol. The Labute approximate surface area is 127 Å². The van der Waals surface area contributed by atoms with E-state index in [0.717, 1.165) is 28.9 Å². The molecule has 20 heavy (non-hydrogen) atoms. The van der Waals surface area contributed by atoms with Crippen molar-refractivity contribution in [2.75, 3.05) is 0 Å². The third-order valence-corrected chi connectivity index (χ3v) is 4.24. The standard InChI is InChI=1S/C16H13Cl2FO/c1-9-6-12-7-10(3-5-15(12)20-9)16(18)11-2-4-14(19)13(17)8-11/h2-5,7-9,16H,6H2,1H3. The van der Waals surface area contributed by atoms with Gasteiger partial charge in [0, 0.05) is 6.42 Å². The van der Waals surface area contributed by atoms with Crippen LogP contribution in [0.1, 0.15) is 29.0 Å². The summed E-state index contributed by atoms with van der Waals surface area (Å²) in [7, 11) is 0. The number of halogens is 3. The summed E-state index contributed by atoms with van der Waals surface area (Å²) in [6.07, 6.45) is 1.09. The molecule has 104 valence electrons. The molecule has 0 saturated carbocycles. The molecule has 1 heterocycles. The summed E-state index contributed by atoms with van der Waals surface area (Å²) in [5, 5.41) is -0.263. The first-order valence-corrected chi connectivity index (χ1v) is 7.24. The second-order valence-corrected chi connectivity index (χ2v) is 5.88. The fourth-order valence-corrected chi connectivity index (χ4v) is 2.92. The number of alkyl halides is 1. The Morgan fingerprint density at radius 3 is 2.65 bits per heavy atom. The maximum atomic E-state index is 13.2. The zero-order valence-corrected chi connectivity index (χ0v) is 12.4. The lowest BCUT2D eigenvalue weighted by Gasteiger charge is -2.12. The molecule has 2 atom stereocenters. The Morgan fingerprint density at radius 1 is 1.20 bits per heavy atom. The lowest BCUT2D eigenvalue weighted by atomic mass is 10.0. The third kappa shape index (κ3) is 2.50. The van der Waals surface area contributed by atoms with Gasteiger partial charge in [0.25, 0.3) is 0 Å². The molecule has 0 amide bonds. The van der Waals surface area contributed by atoms with Crippen LogP contribution >= 0.6 is 23.2 Å². The molecule has 0 aliphatic carbocycles. The highest BCUT2D eigenvalue weighted by atomic mass is 35.5. The Morgan fingerprint density at radius 2 is 1.90 bits per heavy atom. The molecule has 1 nitrogen and oxygen atoms in total. The zero-order valence-electron chi connectivity index (χ0n) is 10.9. The van der Waals surface area contributed by atoms with Gasteiger partial charge < -0.3 is 4.74 Å². The SMILES string of the molecule is CC1Cc2cc(C(Cl)c3ccc(F)c(Cl)c3)ccc2O1. The highest BCUT2D eigenvalue weighted by Gasteiger charge is 2.21. The summed E-state index contributed by atoms with van der Waals surface area (Å²) in [5.41, 5.74) is 2.91. The van der Waals surface area contributed by atoms with Gasteiger partial charge in [-0.1, -0.05) is 29.8 Å². The van der Waals surface area contributed by atoms with Crippen molar-refractivity contribution < 1.29 is 9.13 Å². The van der Waals surface area contributed by atoms with Gasteiger partial charge >= 0.3 is 0 Å². The van der Waals surface area contributed by atoms with E-state index >= 15 is 0 Å². The van der Waals surface area contributed by atoms with Crippen molar-refractivity contribution in [2.24, 2.45) is 0 Å². The van der Waals surface area contributed by atoms with Gasteiger partial charge in [-0.05, 0) is 41.8 Å². The van der Waals surface area contributed by atoms with E-state index in [-0.39, 0.29) is 16.5 Å². The fraction of sp³-hybridized carbons (Fsp3) is 0.250. The van der Waals surface area contributed by atoms with E-state index in [1.807, 2.05) is 25.1 Å². The molecule has 0 aromatic heterocycles. The summed E-state index contributed by atoms with van der Waals surface area (Å²) < 4.78 is 18.9. The van der Waals surface area contributed by atoms with Gasteiger partial charge in [-0.3, -0.25) is 0 Å². The molecule has 0 radical (unpaired) electrons. The first-order chi connectivity index (χ1) is 9.54. The van der Waals surface area contributed by atoms with Crippen molar-refractivity contribution in [2.45, 2.75) is 24.8 Å². The second kappa shape index (κ2) is 5.27. The number of ether oxygens (including phenoxy) is 1. The Bertz CT molecular complexity index is 657. The van der Waals surface area contributed by atoms with Crippen LogP contribution in [0.25, 0.3) is 0 Å². The number of fused-ring (bicyclic) bond motifs is 1. The van der Waals surface area contributed by atoms with Crippen LogP contribution in [0.4, 0.5) is 4.39 Å². The van der Waals surface area contributed by atoms with Crippen LogP contribution in [0.15, 0.2) is 36.4 Å². The lowest BCUT2D eigenvalue weighted by Crippen LogP contribution is -2.05. The van der Waals surface area contributed by atoms with Crippen molar-refractivity contribution in [1.82, 2.24) is 0 Å². The molecule has 0 spiro atoms. The zero-order chi connectivity index (χ0) is 14.3. The van der Waals surface area contributed by atoms with Crippen molar-refractivity contribution in [1.29, 1.82) is 0 Å². The van der Waals surface area contributed by atoms with Crippen LogP contribution in [0.3, 0.4) is 0 Å². The molecule has 4 heteroatoms. The van der Waals surface area contributed by atoms with E-state index in [1.54, 1.807) is 12.1 Å². The molecule has 2 aromatic carbocycles. The highest BCUT2D eigenvalue weighted by molar-refractivity contribution is 6.31. The van der Waals surface area contributed by atoms with Gasteiger partial charge in [-0.2, -0.15) is 0 Å². The van der Waals surface area contributed by atoms with Crippen LogP contribution in [0, 0.1) is 5.82 Å². The number of hydrogen-bond donors (Lipinski definition) is 0. The van der Waals surface area contributed by atoms with E-state index in [9.17, 15) is 4.39 Å². The number of rotatable bonds is 2. The molecule has 0 saturated heterocycles. The predicted molar refractivity (Wildman–Crippen MR) is 79.3 cm³/mol. The number of hydrogen-bond acceptors (Lipinski definition) is 1. The van der Waals surface area contributed by atoms with Crippen LogP contribution in [0.5, 0.6) is 5.75 Å². The first-order valence-electron chi connectivity index (χ1n) is 6.43. The predicted octanol–water partition coefficient (Wildman–Crippen LogP) is 5.13. The molecule has 2 unspecified atom stereocenters. The average Bonchev–Trinajstić information content (AvgIpc) is 2.80. The summed E-state index contributed by atoms with van der Waals surface area (Å²) >= 11 is 12.3. The molecule has 0 N–H and O–H groups in total. The van der Waals surface area contributed by atoms with Crippen molar-refractivity contribution in [3.8, 4) is 5.75 Å². The van der Waals surface area contributed by atoms with Gasteiger partial charge in [-0.15, -0.1) is 11.6 Å². The Hall–Kier alpha value is -1.25. The summed E-state index contributed by atoms with van der Waals surface area (Å²) in [5.74, 6) is 0.484. The van der Waals surface area contributed by atoms with Crippen molar-refractivity contribution >= 4 is 23.2 Å². The Kier molecular flexibility index (Phi) is 3.61. The van der Waals surface area contributed by atoms with Gasteiger partial charge in [0.15, 0.2) is 0 Å². The quantitative estimate of drug-likeness (QED) is 0.699. The molecule has 2 aromatic rings. The van der Waals surface area contributed by atoms with Gasteiger partial charge in [-0.25, -0.2) is 4.39 Å². The Balaban J connectivity index is 1.93. The maximum Gasteiger partial charge on any atom is 0.141 e. The summed E-state index contributed by atoms with van der Waals surface area (Å²) in [6, 6.07) is 10.5. The topological polar surface area (TPSA) is 9.23 Å². The molecular formula is C16H13Cl2FO. The van der Waals surface area contributed by atoms with E-state index in [4.69, 9.17) is 27.9 Å². The van der Waals surface area contributed by atoms with Crippen LogP contribution in [-0.4, -0.2) is 6.10 Å². The normalized spacial score (nSPS) is 18.5.